The summed E-state index contributed by atoms with van der Waals surface area (Å²) < 4.78 is 31.8. The van der Waals surface area contributed by atoms with E-state index in [4.69, 9.17) is 23.7 Å². The molecule has 1 fully saturated rings. The molecule has 260 valence electrons. The summed E-state index contributed by atoms with van der Waals surface area (Å²) in [7, 11) is 3.25. The minimum absolute atomic E-state index is 0.0418. The molecule has 2 N–H and O–H groups in total. The van der Waals surface area contributed by atoms with Crippen molar-refractivity contribution in [2.24, 2.45) is 0 Å². The lowest BCUT2D eigenvalue weighted by atomic mass is 9.80. The molecule has 1 amide bonds. The van der Waals surface area contributed by atoms with Crippen LogP contribution in [0, 0.1) is 0 Å². The van der Waals surface area contributed by atoms with Crippen LogP contribution in [0.15, 0.2) is 122 Å². The summed E-state index contributed by atoms with van der Waals surface area (Å²) in [5.74, 6) is 1.81. The van der Waals surface area contributed by atoms with Gasteiger partial charge in [0.2, 0.25) is 0 Å². The Bertz CT molecular complexity index is 2080. The number of hydrogen-bond acceptors (Lipinski definition) is 10. The average molecular weight is 688 g/mol. The van der Waals surface area contributed by atoms with Gasteiger partial charge in [-0.2, -0.15) is 0 Å². The highest BCUT2D eigenvalue weighted by atomic mass is 16.6. The second kappa shape index (κ2) is 15.0. The first-order chi connectivity index (χ1) is 25.0. The van der Waals surface area contributed by atoms with Gasteiger partial charge in [-0.1, -0.05) is 72.8 Å². The standard InChI is InChI=1S/C39H37N5O7/c1-47-29-18-16-27(17-19-29)39(26-10-5-3-6-11-26,28-12-9-15-31(20-28)48-2)50-22-33-32(45)21-35(51-33)44-25-42-36-37(40-24-41-38(36)44)43-34(46)23-49-30-13-7-4-8-14-30/h3-20,24-25,32-33,35,45H,21-23H2,1-2H3,(H,40,41,43,46). The molecule has 1 aliphatic heterocycles. The van der Waals surface area contributed by atoms with Crippen LogP contribution < -0.4 is 19.5 Å². The van der Waals surface area contributed by atoms with Crippen LogP contribution in [0.4, 0.5) is 5.82 Å². The average Bonchev–Trinajstić information content (AvgIpc) is 3.79. The van der Waals surface area contributed by atoms with Gasteiger partial charge in [-0.3, -0.25) is 9.36 Å². The normalized spacial score (nSPS) is 18.2. The number of imidazole rings is 1. The van der Waals surface area contributed by atoms with Crippen molar-refractivity contribution < 1.29 is 33.6 Å². The van der Waals surface area contributed by atoms with Gasteiger partial charge < -0.3 is 34.1 Å². The molecule has 12 nitrogen and oxygen atoms in total. The number of benzene rings is 4. The van der Waals surface area contributed by atoms with Gasteiger partial charge in [-0.15, -0.1) is 0 Å². The summed E-state index contributed by atoms with van der Waals surface area (Å²) in [6.45, 7) is -0.160. The minimum Gasteiger partial charge on any atom is -0.497 e. The predicted octanol–water partition coefficient (Wildman–Crippen LogP) is 5.52. The summed E-state index contributed by atoms with van der Waals surface area (Å²) in [6.07, 6.45) is 1.00. The zero-order valence-electron chi connectivity index (χ0n) is 28.1. The van der Waals surface area contributed by atoms with Crippen molar-refractivity contribution in [1.82, 2.24) is 19.5 Å². The smallest absolute Gasteiger partial charge is 0.263 e. The molecule has 4 unspecified atom stereocenters. The van der Waals surface area contributed by atoms with E-state index in [1.165, 1.54) is 6.33 Å². The number of ether oxygens (including phenoxy) is 5. The van der Waals surface area contributed by atoms with Crippen molar-refractivity contribution in [3.63, 3.8) is 0 Å². The van der Waals surface area contributed by atoms with Crippen LogP contribution in [0.2, 0.25) is 0 Å². The van der Waals surface area contributed by atoms with E-state index in [2.05, 4.69) is 20.3 Å². The van der Waals surface area contributed by atoms with Crippen molar-refractivity contribution in [3.8, 4) is 17.2 Å². The van der Waals surface area contributed by atoms with Gasteiger partial charge in [0.25, 0.3) is 5.91 Å². The lowest BCUT2D eigenvalue weighted by molar-refractivity contribution is -0.118. The van der Waals surface area contributed by atoms with E-state index >= 15 is 0 Å². The van der Waals surface area contributed by atoms with E-state index in [1.807, 2.05) is 97.1 Å². The maximum atomic E-state index is 12.7. The van der Waals surface area contributed by atoms with Gasteiger partial charge in [0.1, 0.15) is 41.5 Å². The molecule has 0 saturated carbocycles. The molecule has 4 aromatic carbocycles. The van der Waals surface area contributed by atoms with Crippen LogP contribution in [0.3, 0.4) is 0 Å². The molecular weight excluding hydrogens is 650 g/mol. The minimum atomic E-state index is -1.10. The Morgan fingerprint density at radius 1 is 0.843 bits per heavy atom. The van der Waals surface area contributed by atoms with Crippen LogP contribution in [-0.2, 0) is 19.9 Å². The number of carbonyl (C=O) groups is 1. The van der Waals surface area contributed by atoms with Crippen LogP contribution in [0.25, 0.3) is 11.2 Å². The lowest BCUT2D eigenvalue weighted by Gasteiger charge is -2.37. The Balaban J connectivity index is 1.14. The number of rotatable bonds is 13. The molecule has 3 heterocycles. The Labute approximate surface area is 294 Å². The number of amides is 1. The van der Waals surface area contributed by atoms with Crippen molar-refractivity contribution in [3.05, 3.63) is 139 Å². The summed E-state index contributed by atoms with van der Waals surface area (Å²) in [4.78, 5) is 25.8. The van der Waals surface area contributed by atoms with Crippen LogP contribution in [-0.4, -0.2) is 70.2 Å². The number of methoxy groups -OCH3 is 2. The number of aromatic nitrogens is 4. The Morgan fingerprint density at radius 3 is 2.27 bits per heavy atom. The molecule has 2 aromatic heterocycles. The third-order valence-corrected chi connectivity index (χ3v) is 8.86. The van der Waals surface area contributed by atoms with Crippen molar-refractivity contribution in [2.45, 2.75) is 30.5 Å². The number of aliphatic hydroxyl groups is 1. The summed E-state index contributed by atoms with van der Waals surface area (Å²) in [5, 5.41) is 14.1. The van der Waals surface area contributed by atoms with E-state index in [9.17, 15) is 9.90 Å². The molecule has 0 aliphatic carbocycles. The second-order valence-corrected chi connectivity index (χ2v) is 11.9. The first-order valence-corrected chi connectivity index (χ1v) is 16.5. The van der Waals surface area contributed by atoms with Gasteiger partial charge in [-0.05, 0) is 53.1 Å². The van der Waals surface area contributed by atoms with E-state index < -0.39 is 29.9 Å². The van der Waals surface area contributed by atoms with Gasteiger partial charge in [0.05, 0.1) is 33.3 Å². The molecule has 1 saturated heterocycles. The first-order valence-electron chi connectivity index (χ1n) is 16.5. The van der Waals surface area contributed by atoms with Gasteiger partial charge >= 0.3 is 0 Å². The maximum absolute atomic E-state index is 12.7. The molecule has 0 spiro atoms. The van der Waals surface area contributed by atoms with Crippen LogP contribution in [0.5, 0.6) is 17.2 Å². The second-order valence-electron chi connectivity index (χ2n) is 11.9. The SMILES string of the molecule is COc1ccc(C(OCC2OC(n3cnc4c(NC(=O)COc5ccccc5)ncnc43)CC2O)(c2ccccc2)c2cccc(OC)c2)cc1. The number of aliphatic hydroxyl groups excluding tert-OH is 1. The Hall–Kier alpha value is -5.82. The van der Waals surface area contributed by atoms with Gasteiger partial charge in [-0.25, -0.2) is 15.0 Å². The fraction of sp³-hybridized carbons (Fsp3) is 0.231. The van der Waals surface area contributed by atoms with E-state index in [-0.39, 0.29) is 25.5 Å². The number of para-hydroxylation sites is 1. The quantitative estimate of drug-likeness (QED) is 0.149. The fourth-order valence-corrected chi connectivity index (χ4v) is 6.32. The van der Waals surface area contributed by atoms with Crippen LogP contribution in [0.1, 0.15) is 29.3 Å². The maximum Gasteiger partial charge on any atom is 0.263 e. The number of fused-ring (bicyclic) bond motifs is 1. The zero-order valence-corrected chi connectivity index (χ0v) is 28.1. The van der Waals surface area contributed by atoms with E-state index in [0.29, 0.717) is 28.4 Å². The Kier molecular flexibility index (Phi) is 9.88. The third-order valence-electron chi connectivity index (χ3n) is 8.86. The molecule has 51 heavy (non-hydrogen) atoms. The summed E-state index contributed by atoms with van der Waals surface area (Å²) in [6, 6.07) is 34.5. The highest BCUT2D eigenvalue weighted by Crippen LogP contribution is 2.43. The lowest BCUT2D eigenvalue weighted by Crippen LogP contribution is -2.38. The van der Waals surface area contributed by atoms with Crippen molar-refractivity contribution in [1.29, 1.82) is 0 Å². The van der Waals surface area contributed by atoms with E-state index in [1.54, 1.807) is 37.2 Å². The molecular formula is C39H37N5O7. The molecule has 4 atom stereocenters. The number of carbonyl (C=O) groups excluding carboxylic acids is 1. The molecule has 1 aliphatic rings. The number of hydrogen-bond donors (Lipinski definition) is 2. The van der Waals surface area contributed by atoms with Crippen molar-refractivity contribution >= 4 is 22.9 Å². The first kappa shape index (κ1) is 33.7. The zero-order chi connectivity index (χ0) is 35.2. The fourth-order valence-electron chi connectivity index (χ4n) is 6.32. The molecule has 12 heteroatoms. The number of anilines is 1. The summed E-state index contributed by atoms with van der Waals surface area (Å²) >= 11 is 0. The predicted molar refractivity (Wildman–Crippen MR) is 189 cm³/mol. The molecule has 6 aromatic rings. The van der Waals surface area contributed by atoms with Gasteiger partial charge in [0, 0.05) is 6.42 Å². The third kappa shape index (κ3) is 6.97. The molecule has 7 rings (SSSR count). The van der Waals surface area contributed by atoms with E-state index in [0.717, 1.165) is 16.7 Å². The largest absolute Gasteiger partial charge is 0.497 e. The van der Waals surface area contributed by atoms with Crippen molar-refractivity contribution in [2.75, 3.05) is 32.8 Å². The highest BCUT2D eigenvalue weighted by Gasteiger charge is 2.42. The molecule has 0 radical (unpaired) electrons. The van der Waals surface area contributed by atoms with Gasteiger partial charge in [0.15, 0.2) is 23.6 Å². The topological polar surface area (TPSA) is 139 Å². The number of nitrogens with one attached hydrogen (secondary N) is 1. The monoisotopic (exact) mass is 687 g/mol. The summed E-state index contributed by atoms with van der Waals surface area (Å²) in [5.41, 5.74) is 2.29. The Morgan fingerprint density at radius 2 is 1.53 bits per heavy atom. The van der Waals surface area contributed by atoms with Crippen LogP contribution >= 0.6 is 0 Å². The molecule has 0 bridgehead atoms. The number of nitrogens with zero attached hydrogens (tertiary/aromatic N) is 4. The highest BCUT2D eigenvalue weighted by molar-refractivity contribution is 5.97.